The van der Waals surface area contributed by atoms with Crippen LogP contribution < -0.4 is 27.0 Å². The molecule has 4 rings (SSSR count). The minimum absolute atomic E-state index is 0.0281. The van der Waals surface area contributed by atoms with Gasteiger partial charge in [-0.2, -0.15) is 0 Å². The van der Waals surface area contributed by atoms with Crippen LogP contribution in [0.3, 0.4) is 0 Å². The summed E-state index contributed by atoms with van der Waals surface area (Å²) in [6, 6.07) is 8.70. The predicted octanol–water partition coefficient (Wildman–Crippen LogP) is 2.14. The number of carbonyl (C=O) groups is 10. The summed E-state index contributed by atoms with van der Waals surface area (Å²) in [5, 5.41) is 20.4. The minimum Gasteiger partial charge on any atom is -0.387 e. The standard InChI is InChI=1S/C50H62F2N8O11/c1-29(21-41(64)30(2)55-31(3)62)47(69)57-39(24-42(53)65)49(71)56-38(48(70)54-19-10-13-35(63)27-60-43(66)16-17-44(60)67)18-20-59(45(68)28-61)46(50(4,5)6)40-22-33(36-23-34(51)14-15-37(36)52)26-58(40)25-32-11-8-7-9-12-32/h7-9,11-12,14-17,22-23,26,29-30,38-39,46,61H,10,13,18-21,24-25,27-28H2,1-6H3,(H2,53,65)(H,54,70)(H,55,62)(H,56,71)(H,57,69)/t29-,30-,38-,39-,46-/m0/s1. The van der Waals surface area contributed by atoms with Gasteiger partial charge in [-0.15, -0.1) is 0 Å². The van der Waals surface area contributed by atoms with Crippen LogP contribution in [0.4, 0.5) is 8.78 Å². The van der Waals surface area contributed by atoms with E-state index in [1.54, 1.807) is 16.8 Å². The largest absolute Gasteiger partial charge is 0.387 e. The number of rotatable bonds is 26. The fraction of sp³-hybridized carbons (Fsp3) is 0.440. The third kappa shape index (κ3) is 16.3. The van der Waals surface area contributed by atoms with Crippen molar-refractivity contribution in [2.75, 3.05) is 26.2 Å². The fourth-order valence-electron chi connectivity index (χ4n) is 8.05. The zero-order valence-electron chi connectivity index (χ0n) is 40.6. The van der Waals surface area contributed by atoms with E-state index in [-0.39, 0.29) is 56.4 Å². The molecule has 1 aromatic heterocycles. The Kier molecular flexibility index (Phi) is 20.1. The summed E-state index contributed by atoms with van der Waals surface area (Å²) >= 11 is 0. The summed E-state index contributed by atoms with van der Waals surface area (Å²) in [7, 11) is 0. The monoisotopic (exact) mass is 988 g/mol. The van der Waals surface area contributed by atoms with Crippen LogP contribution in [0.2, 0.25) is 0 Å². The van der Waals surface area contributed by atoms with Crippen molar-refractivity contribution in [3.63, 3.8) is 0 Å². The van der Waals surface area contributed by atoms with Gasteiger partial charge in [0, 0.05) is 80.5 Å². The number of nitrogens with one attached hydrogen (secondary N) is 4. The second kappa shape index (κ2) is 25.4. The van der Waals surface area contributed by atoms with Crippen LogP contribution in [-0.2, 0) is 54.5 Å². The van der Waals surface area contributed by atoms with Crippen molar-refractivity contribution >= 4 is 58.8 Å². The summed E-state index contributed by atoms with van der Waals surface area (Å²) in [6.45, 7) is 7.69. The lowest BCUT2D eigenvalue weighted by molar-refractivity contribution is -0.141. The molecule has 0 radical (unpaired) electrons. The van der Waals surface area contributed by atoms with E-state index in [2.05, 4.69) is 21.3 Å². The van der Waals surface area contributed by atoms with E-state index in [4.69, 9.17) is 5.73 Å². The smallest absolute Gasteiger partial charge is 0.254 e. The molecule has 7 N–H and O–H groups in total. The van der Waals surface area contributed by atoms with Gasteiger partial charge >= 0.3 is 0 Å². The molecule has 3 aromatic rings. The van der Waals surface area contributed by atoms with Gasteiger partial charge in [-0.1, -0.05) is 58.0 Å². The number of imide groups is 1. The van der Waals surface area contributed by atoms with Crippen molar-refractivity contribution in [1.82, 2.24) is 35.6 Å². The average Bonchev–Trinajstić information content (AvgIpc) is 3.85. The van der Waals surface area contributed by atoms with Gasteiger partial charge in [0.25, 0.3) is 11.8 Å². The highest BCUT2D eigenvalue weighted by Crippen LogP contribution is 2.41. The Morgan fingerprint density at radius 3 is 2.08 bits per heavy atom. The van der Waals surface area contributed by atoms with E-state index < -0.39 is 126 Å². The van der Waals surface area contributed by atoms with Crippen molar-refractivity contribution in [3.05, 3.63) is 95.8 Å². The van der Waals surface area contributed by atoms with E-state index in [9.17, 15) is 57.4 Å². The number of aromatic nitrogens is 1. The highest BCUT2D eigenvalue weighted by atomic mass is 19.1. The van der Waals surface area contributed by atoms with Crippen molar-refractivity contribution in [2.24, 2.45) is 17.1 Å². The average molecular weight is 989 g/mol. The summed E-state index contributed by atoms with van der Waals surface area (Å²) in [6.07, 6.45) is 2.08. The van der Waals surface area contributed by atoms with Gasteiger partial charge in [0.1, 0.15) is 30.3 Å². The lowest BCUT2D eigenvalue weighted by atomic mass is 9.82. The van der Waals surface area contributed by atoms with E-state index in [1.807, 2.05) is 51.1 Å². The number of halogens is 2. The number of primary amides is 1. The number of aliphatic hydroxyl groups excluding tert-OH is 1. The quantitative estimate of drug-likeness (QED) is 0.0501. The van der Waals surface area contributed by atoms with Crippen LogP contribution in [0, 0.1) is 23.0 Å². The van der Waals surface area contributed by atoms with Crippen LogP contribution in [-0.4, -0.2) is 123 Å². The number of nitrogens with two attached hydrogens (primary N) is 1. The first-order chi connectivity index (χ1) is 33.4. The summed E-state index contributed by atoms with van der Waals surface area (Å²) < 4.78 is 31.7. The number of hydrogen-bond acceptors (Lipinski definition) is 11. The Labute approximate surface area is 409 Å². The number of Topliss-reactive ketones (excluding diaryl/α,β-unsaturated/α-hetero) is 2. The molecule has 2 aromatic carbocycles. The van der Waals surface area contributed by atoms with E-state index in [1.165, 1.54) is 25.7 Å². The Hall–Kier alpha value is -7.42. The van der Waals surface area contributed by atoms with E-state index >= 15 is 4.39 Å². The molecule has 382 valence electrons. The van der Waals surface area contributed by atoms with Crippen molar-refractivity contribution in [3.8, 4) is 11.1 Å². The van der Waals surface area contributed by atoms with E-state index in [0.29, 0.717) is 5.69 Å². The van der Waals surface area contributed by atoms with Crippen LogP contribution in [0.5, 0.6) is 0 Å². The maximum absolute atomic E-state index is 15.3. The molecule has 1 aliphatic heterocycles. The molecule has 0 fully saturated rings. The number of carbonyl (C=O) groups excluding carboxylic acids is 10. The summed E-state index contributed by atoms with van der Waals surface area (Å²) in [5.74, 6) is -9.75. The fourth-order valence-corrected chi connectivity index (χ4v) is 8.05. The Morgan fingerprint density at radius 1 is 0.831 bits per heavy atom. The Bertz CT molecular complexity index is 2500. The predicted molar refractivity (Wildman–Crippen MR) is 254 cm³/mol. The number of aliphatic hydroxyl groups is 1. The van der Waals surface area contributed by atoms with Gasteiger partial charge in [-0.3, -0.25) is 52.8 Å². The van der Waals surface area contributed by atoms with Crippen molar-refractivity contribution in [2.45, 2.75) is 104 Å². The minimum atomic E-state index is -1.68. The van der Waals surface area contributed by atoms with Gasteiger partial charge in [-0.25, -0.2) is 8.78 Å². The number of hydrogen-bond donors (Lipinski definition) is 6. The first-order valence-electron chi connectivity index (χ1n) is 23.0. The van der Waals surface area contributed by atoms with Crippen LogP contribution in [0.1, 0.15) is 90.9 Å². The molecule has 0 aliphatic carbocycles. The molecule has 2 heterocycles. The van der Waals surface area contributed by atoms with Crippen LogP contribution in [0.15, 0.2) is 72.9 Å². The zero-order chi connectivity index (χ0) is 52.7. The summed E-state index contributed by atoms with van der Waals surface area (Å²) in [5.41, 5.74) is 6.08. The van der Waals surface area contributed by atoms with Crippen molar-refractivity contribution in [1.29, 1.82) is 0 Å². The summed E-state index contributed by atoms with van der Waals surface area (Å²) in [4.78, 5) is 131. The SMILES string of the molecule is CC(=O)N[C@@H](C)C(=O)C[C@H](C)C(=O)N[C@@H](CC(N)=O)C(=O)N[C@@H](CCN(C(=O)CO)[C@@H](c1cc(-c2cc(F)ccc2F)cn1Cc1ccccc1)C(C)(C)C)C(=O)NCCCC(=O)CN1C(=O)C=CC1=O. The molecule has 0 bridgehead atoms. The highest BCUT2D eigenvalue weighted by Gasteiger charge is 2.39. The molecule has 8 amide bonds. The molecule has 71 heavy (non-hydrogen) atoms. The molecular weight excluding hydrogens is 927 g/mol. The third-order valence-electron chi connectivity index (χ3n) is 11.6. The van der Waals surface area contributed by atoms with Gasteiger partial charge in [0.15, 0.2) is 11.6 Å². The van der Waals surface area contributed by atoms with Gasteiger partial charge < -0.3 is 41.6 Å². The number of amides is 8. The third-order valence-corrected chi connectivity index (χ3v) is 11.6. The number of ketones is 2. The lowest BCUT2D eigenvalue weighted by Crippen LogP contribution is -2.56. The lowest BCUT2D eigenvalue weighted by Gasteiger charge is -2.41. The molecule has 19 nitrogen and oxygen atoms in total. The first-order valence-corrected chi connectivity index (χ1v) is 23.0. The number of nitrogens with zero attached hydrogens (tertiary/aromatic N) is 3. The first kappa shape index (κ1) is 56.2. The van der Waals surface area contributed by atoms with Crippen molar-refractivity contribution < 1.29 is 61.8 Å². The number of benzene rings is 2. The van der Waals surface area contributed by atoms with Crippen LogP contribution in [0.25, 0.3) is 11.1 Å². The molecular formula is C50H62F2N8O11. The normalized spacial score (nSPS) is 14.5. The molecule has 5 atom stereocenters. The van der Waals surface area contributed by atoms with E-state index in [0.717, 1.165) is 40.8 Å². The molecule has 0 unspecified atom stereocenters. The molecule has 0 spiro atoms. The Balaban J connectivity index is 1.68. The Morgan fingerprint density at radius 2 is 1.48 bits per heavy atom. The molecule has 0 saturated carbocycles. The maximum Gasteiger partial charge on any atom is 0.254 e. The van der Waals surface area contributed by atoms with Crippen LogP contribution >= 0.6 is 0 Å². The van der Waals surface area contributed by atoms with Gasteiger partial charge in [-0.05, 0) is 55.0 Å². The maximum atomic E-state index is 15.3. The molecule has 21 heteroatoms. The second-order valence-corrected chi connectivity index (χ2v) is 18.5. The topological polar surface area (TPSA) is 276 Å². The molecule has 1 aliphatic rings. The zero-order valence-corrected chi connectivity index (χ0v) is 40.6. The second-order valence-electron chi connectivity index (χ2n) is 18.5. The van der Waals surface area contributed by atoms with Gasteiger partial charge in [0.05, 0.1) is 25.0 Å². The molecule has 0 saturated heterocycles. The van der Waals surface area contributed by atoms with Gasteiger partial charge in [0.2, 0.25) is 35.4 Å². The highest BCUT2D eigenvalue weighted by molar-refractivity contribution is 6.14.